The number of ketones is 1. The summed E-state index contributed by atoms with van der Waals surface area (Å²) in [5.41, 5.74) is -0.00121. The van der Waals surface area contributed by atoms with E-state index in [1.54, 1.807) is 51.6 Å². The molecule has 1 amide bonds. The monoisotopic (exact) mass is 295 g/mol. The number of carbonyl (C=O) groups is 2. The van der Waals surface area contributed by atoms with Gasteiger partial charge in [-0.15, -0.1) is 11.8 Å². The molecule has 1 aromatic carbocycles. The van der Waals surface area contributed by atoms with Crippen molar-refractivity contribution < 1.29 is 14.3 Å². The molecule has 20 heavy (non-hydrogen) atoms. The molecule has 0 spiro atoms. The predicted octanol–water partition coefficient (Wildman–Crippen LogP) is 3.50. The summed E-state index contributed by atoms with van der Waals surface area (Å²) in [6.07, 6.45) is 1.39. The average Bonchev–Trinajstić information content (AvgIpc) is 2.35. The molecule has 0 radical (unpaired) electrons. The summed E-state index contributed by atoms with van der Waals surface area (Å²) < 4.78 is 5.13. The van der Waals surface area contributed by atoms with E-state index in [1.807, 2.05) is 18.4 Å². The van der Waals surface area contributed by atoms with E-state index >= 15 is 0 Å². The lowest BCUT2D eigenvalue weighted by Crippen LogP contribution is -2.41. The van der Waals surface area contributed by atoms with Crippen LogP contribution in [0.4, 0.5) is 4.79 Å². The van der Waals surface area contributed by atoms with Crippen LogP contribution in [0, 0.1) is 0 Å². The van der Waals surface area contributed by atoms with Gasteiger partial charge in [0.1, 0.15) is 5.60 Å². The number of alkyl carbamates (subject to hydrolysis) is 1. The Morgan fingerprint density at radius 3 is 2.20 bits per heavy atom. The van der Waals surface area contributed by atoms with Crippen molar-refractivity contribution in [3.63, 3.8) is 0 Å². The maximum Gasteiger partial charge on any atom is 0.408 e. The fourth-order valence-corrected chi connectivity index (χ4v) is 1.96. The van der Waals surface area contributed by atoms with Crippen molar-refractivity contribution in [3.05, 3.63) is 29.8 Å². The quantitative estimate of drug-likeness (QED) is 0.682. The number of rotatable bonds is 4. The van der Waals surface area contributed by atoms with E-state index in [0.29, 0.717) is 5.56 Å². The third-order valence-electron chi connectivity index (χ3n) is 2.50. The summed E-state index contributed by atoms with van der Waals surface area (Å²) in [5, 5.41) is 2.55. The Hall–Kier alpha value is -1.49. The largest absolute Gasteiger partial charge is 0.444 e. The highest BCUT2D eigenvalue weighted by Crippen LogP contribution is 2.16. The first-order valence-corrected chi connectivity index (χ1v) is 7.63. The van der Waals surface area contributed by atoms with E-state index in [2.05, 4.69) is 5.32 Å². The first-order valence-electron chi connectivity index (χ1n) is 6.40. The lowest BCUT2D eigenvalue weighted by Gasteiger charge is -2.21. The second kappa shape index (κ2) is 6.79. The molecule has 0 unspecified atom stereocenters. The zero-order valence-electron chi connectivity index (χ0n) is 12.5. The summed E-state index contributed by atoms with van der Waals surface area (Å²) in [6.45, 7) is 6.98. The number of thioether (sulfide) groups is 1. The minimum Gasteiger partial charge on any atom is -0.444 e. The molecule has 110 valence electrons. The molecule has 1 N–H and O–H groups in total. The number of ether oxygens (including phenoxy) is 1. The third kappa shape index (κ3) is 5.25. The van der Waals surface area contributed by atoms with Gasteiger partial charge in [-0.3, -0.25) is 4.79 Å². The Kier molecular flexibility index (Phi) is 5.62. The third-order valence-corrected chi connectivity index (χ3v) is 3.24. The zero-order chi connectivity index (χ0) is 15.3. The Bertz CT molecular complexity index is 477. The maximum atomic E-state index is 12.2. The molecule has 5 heteroatoms. The topological polar surface area (TPSA) is 55.4 Å². The molecule has 0 saturated heterocycles. The van der Waals surface area contributed by atoms with Crippen LogP contribution in [-0.2, 0) is 4.74 Å². The summed E-state index contributed by atoms with van der Waals surface area (Å²) in [4.78, 5) is 24.9. The Labute approximate surface area is 124 Å². The summed E-state index contributed by atoms with van der Waals surface area (Å²) in [6, 6.07) is 6.68. The predicted molar refractivity (Wildman–Crippen MR) is 81.4 cm³/mol. The van der Waals surface area contributed by atoms with Crippen LogP contribution in [0.1, 0.15) is 38.1 Å². The SMILES string of the molecule is CSc1ccc(C(=O)[C@H](C)NC(=O)OC(C)(C)C)cc1. The average molecular weight is 295 g/mol. The molecule has 0 aromatic heterocycles. The van der Waals surface area contributed by atoms with Gasteiger partial charge in [-0.1, -0.05) is 12.1 Å². The Morgan fingerprint density at radius 1 is 1.20 bits per heavy atom. The molecule has 0 aliphatic carbocycles. The first-order chi connectivity index (χ1) is 9.23. The number of amides is 1. The smallest absolute Gasteiger partial charge is 0.408 e. The van der Waals surface area contributed by atoms with E-state index in [1.165, 1.54) is 0 Å². The van der Waals surface area contributed by atoms with Crippen molar-refractivity contribution >= 4 is 23.6 Å². The van der Waals surface area contributed by atoms with Crippen molar-refractivity contribution in [3.8, 4) is 0 Å². The van der Waals surface area contributed by atoms with Gasteiger partial charge in [0.05, 0.1) is 6.04 Å². The fourth-order valence-electron chi connectivity index (χ4n) is 1.56. The number of Topliss-reactive ketones (excluding diaryl/α,β-unsaturated/α-hetero) is 1. The summed E-state index contributed by atoms with van der Waals surface area (Å²) >= 11 is 1.61. The Morgan fingerprint density at radius 2 is 1.75 bits per heavy atom. The number of hydrogen-bond acceptors (Lipinski definition) is 4. The zero-order valence-corrected chi connectivity index (χ0v) is 13.3. The van der Waals surface area contributed by atoms with Gasteiger partial charge < -0.3 is 10.1 Å². The van der Waals surface area contributed by atoms with Gasteiger partial charge in [0.2, 0.25) is 0 Å². The molecule has 1 aromatic rings. The molecule has 0 saturated carbocycles. The van der Waals surface area contributed by atoms with Crippen molar-refractivity contribution in [1.29, 1.82) is 0 Å². The van der Waals surface area contributed by atoms with Crippen LogP contribution in [0.3, 0.4) is 0 Å². The molecule has 4 nitrogen and oxygen atoms in total. The van der Waals surface area contributed by atoms with Crippen LogP contribution in [-0.4, -0.2) is 29.8 Å². The summed E-state index contributed by atoms with van der Waals surface area (Å²) in [5.74, 6) is -0.136. The van der Waals surface area contributed by atoms with Crippen molar-refractivity contribution in [1.82, 2.24) is 5.32 Å². The highest BCUT2D eigenvalue weighted by Gasteiger charge is 2.21. The molecule has 0 bridgehead atoms. The molecule has 0 fully saturated rings. The van der Waals surface area contributed by atoms with Gasteiger partial charge in [0.25, 0.3) is 0 Å². The van der Waals surface area contributed by atoms with Crippen LogP contribution in [0.2, 0.25) is 0 Å². The van der Waals surface area contributed by atoms with Gasteiger partial charge in [-0.25, -0.2) is 4.79 Å². The molecular weight excluding hydrogens is 274 g/mol. The van der Waals surface area contributed by atoms with Crippen LogP contribution >= 0.6 is 11.8 Å². The minimum atomic E-state index is -0.620. The van der Waals surface area contributed by atoms with E-state index in [9.17, 15) is 9.59 Å². The van der Waals surface area contributed by atoms with E-state index < -0.39 is 17.7 Å². The lowest BCUT2D eigenvalue weighted by atomic mass is 10.1. The summed E-state index contributed by atoms with van der Waals surface area (Å²) in [7, 11) is 0. The minimum absolute atomic E-state index is 0.136. The van der Waals surface area contributed by atoms with Crippen molar-refractivity contribution in [2.45, 2.75) is 44.2 Å². The second-order valence-electron chi connectivity index (χ2n) is 5.46. The molecule has 0 aliphatic rings. The van der Waals surface area contributed by atoms with E-state index in [0.717, 1.165) is 4.90 Å². The van der Waals surface area contributed by atoms with Gasteiger partial charge in [-0.05, 0) is 46.1 Å². The molecule has 1 rings (SSSR count). The van der Waals surface area contributed by atoms with Crippen LogP contribution in [0.15, 0.2) is 29.2 Å². The second-order valence-corrected chi connectivity index (χ2v) is 6.34. The van der Waals surface area contributed by atoms with Gasteiger partial charge >= 0.3 is 6.09 Å². The number of carbonyl (C=O) groups excluding carboxylic acids is 2. The van der Waals surface area contributed by atoms with Gasteiger partial charge in [-0.2, -0.15) is 0 Å². The number of nitrogens with one attached hydrogen (secondary N) is 1. The fraction of sp³-hybridized carbons (Fsp3) is 0.467. The molecule has 1 atom stereocenters. The van der Waals surface area contributed by atoms with Crippen molar-refractivity contribution in [2.24, 2.45) is 0 Å². The molecule has 0 heterocycles. The maximum absolute atomic E-state index is 12.2. The molecule has 0 aliphatic heterocycles. The highest BCUT2D eigenvalue weighted by atomic mass is 32.2. The van der Waals surface area contributed by atoms with E-state index in [-0.39, 0.29) is 5.78 Å². The standard InChI is InChI=1S/C15H21NO3S/c1-10(16-14(18)19-15(2,3)4)13(17)11-6-8-12(20-5)9-7-11/h6-10H,1-5H3,(H,16,18)/t10-/m0/s1. The highest BCUT2D eigenvalue weighted by molar-refractivity contribution is 7.98. The van der Waals surface area contributed by atoms with Gasteiger partial charge in [0, 0.05) is 10.5 Å². The van der Waals surface area contributed by atoms with E-state index in [4.69, 9.17) is 4.74 Å². The van der Waals surface area contributed by atoms with Crippen LogP contribution in [0.25, 0.3) is 0 Å². The Balaban J connectivity index is 2.64. The van der Waals surface area contributed by atoms with Gasteiger partial charge in [0.15, 0.2) is 5.78 Å². The van der Waals surface area contributed by atoms with Crippen LogP contribution in [0.5, 0.6) is 0 Å². The van der Waals surface area contributed by atoms with Crippen molar-refractivity contribution in [2.75, 3.05) is 6.26 Å². The van der Waals surface area contributed by atoms with Crippen LogP contribution < -0.4 is 5.32 Å². The first kappa shape index (κ1) is 16.6. The lowest BCUT2D eigenvalue weighted by molar-refractivity contribution is 0.0497. The number of hydrogen-bond donors (Lipinski definition) is 1. The molecular formula is C15H21NO3S. The normalized spacial score (nSPS) is 12.7. The number of benzene rings is 1.